The van der Waals surface area contributed by atoms with Gasteiger partial charge in [0.1, 0.15) is 0 Å². The molecular weight excluding hydrogens is 333 g/mol. The maximum atomic E-state index is 13.0. The van der Waals surface area contributed by atoms with Gasteiger partial charge in [0.15, 0.2) is 11.7 Å². The van der Waals surface area contributed by atoms with Crippen molar-refractivity contribution in [1.29, 1.82) is 0 Å². The topological polar surface area (TPSA) is 48.7 Å². The molecule has 1 saturated heterocycles. The lowest BCUT2D eigenvalue weighted by molar-refractivity contribution is -0.142. The van der Waals surface area contributed by atoms with E-state index in [-0.39, 0.29) is 12.1 Å². The first kappa shape index (κ1) is 19.6. The summed E-state index contributed by atoms with van der Waals surface area (Å²) in [7, 11) is 5.04. The van der Waals surface area contributed by atoms with Crippen LogP contribution in [0.25, 0.3) is 0 Å². The fourth-order valence-corrected chi connectivity index (χ4v) is 3.39. The monoisotopic (exact) mass is 360 g/mol. The fraction of sp³-hybridized carbons (Fsp3) is 0.750. The van der Waals surface area contributed by atoms with Gasteiger partial charge in [-0.25, -0.2) is 0 Å². The molecule has 1 aliphatic heterocycles. The molecule has 2 heterocycles. The van der Waals surface area contributed by atoms with Gasteiger partial charge in [0.05, 0.1) is 0 Å². The third-order valence-corrected chi connectivity index (χ3v) is 4.57. The third-order valence-electron chi connectivity index (χ3n) is 4.57. The number of likely N-dealkylation sites (tertiary alicyclic amines) is 1. The first-order valence-corrected chi connectivity index (χ1v) is 8.51. The Kier molecular flexibility index (Phi) is 6.31. The van der Waals surface area contributed by atoms with E-state index in [0.717, 1.165) is 26.1 Å². The van der Waals surface area contributed by atoms with E-state index >= 15 is 0 Å². The number of nitrogens with one attached hydrogen (secondary N) is 1. The van der Waals surface area contributed by atoms with Crippen LogP contribution in [0.5, 0.6) is 0 Å². The van der Waals surface area contributed by atoms with Gasteiger partial charge in [-0.2, -0.15) is 18.3 Å². The van der Waals surface area contributed by atoms with E-state index in [0.29, 0.717) is 12.0 Å². The van der Waals surface area contributed by atoms with Crippen LogP contribution in [-0.4, -0.2) is 65.3 Å². The van der Waals surface area contributed by atoms with Crippen LogP contribution in [0.2, 0.25) is 0 Å². The highest BCUT2D eigenvalue weighted by atomic mass is 19.4. The summed E-state index contributed by atoms with van der Waals surface area (Å²) in [6.45, 7) is 5.09. The van der Waals surface area contributed by atoms with E-state index in [9.17, 15) is 13.2 Å². The van der Waals surface area contributed by atoms with Gasteiger partial charge in [-0.15, -0.1) is 0 Å². The molecule has 1 aromatic heterocycles. The summed E-state index contributed by atoms with van der Waals surface area (Å²) in [4.78, 5) is 8.60. The van der Waals surface area contributed by atoms with Gasteiger partial charge in [0, 0.05) is 52.0 Å². The van der Waals surface area contributed by atoms with Crippen LogP contribution in [0, 0.1) is 0 Å². The summed E-state index contributed by atoms with van der Waals surface area (Å²) in [6.07, 6.45) is -0.753. The summed E-state index contributed by atoms with van der Waals surface area (Å²) < 4.78 is 40.3. The lowest BCUT2D eigenvalue weighted by Gasteiger charge is -2.29. The van der Waals surface area contributed by atoms with E-state index in [1.165, 1.54) is 24.3 Å². The highest BCUT2D eigenvalue weighted by molar-refractivity contribution is 5.79. The first-order chi connectivity index (χ1) is 11.8. The minimum absolute atomic E-state index is 0.0296. The van der Waals surface area contributed by atoms with Gasteiger partial charge >= 0.3 is 6.18 Å². The number of hydrogen-bond donors (Lipinski definition) is 1. The Labute approximate surface area is 146 Å². The smallest absolute Gasteiger partial charge is 0.352 e. The number of nitrogens with zero attached hydrogens (tertiary/aromatic N) is 5. The van der Waals surface area contributed by atoms with Crippen LogP contribution < -0.4 is 5.32 Å². The molecule has 1 aliphatic rings. The Morgan fingerprint density at radius 2 is 2.20 bits per heavy atom. The summed E-state index contributed by atoms with van der Waals surface area (Å²) in [5, 5.41) is 6.55. The molecule has 1 aromatic rings. The molecular formula is C16H27F3N6. The van der Waals surface area contributed by atoms with Crippen molar-refractivity contribution in [3.8, 4) is 0 Å². The number of halogens is 3. The molecule has 0 saturated carbocycles. The molecule has 0 radical (unpaired) electrons. The highest BCUT2D eigenvalue weighted by Gasteiger charge is 2.36. The van der Waals surface area contributed by atoms with Crippen LogP contribution in [0.1, 0.15) is 31.0 Å². The van der Waals surface area contributed by atoms with Crippen LogP contribution in [0.3, 0.4) is 0 Å². The molecule has 0 aliphatic carbocycles. The second-order valence-electron chi connectivity index (χ2n) is 6.38. The summed E-state index contributed by atoms with van der Waals surface area (Å²) >= 11 is 0. The van der Waals surface area contributed by atoms with E-state index in [1.54, 1.807) is 7.05 Å². The standard InChI is InChI=1S/C16H27F3N6/c1-5-25-8-6-7-13(25)11-23(3)15(20-2)21-9-12-10-24(4)22-14(12)16(17,18)19/h10,13H,5-9,11H2,1-4H3,(H,20,21). The Morgan fingerprint density at radius 3 is 2.80 bits per heavy atom. The van der Waals surface area contributed by atoms with Crippen molar-refractivity contribution < 1.29 is 13.2 Å². The number of guanidine groups is 1. The SMILES string of the molecule is CCN1CCCC1CN(C)C(=NC)NCc1cn(C)nc1C(F)(F)F. The normalized spacial score (nSPS) is 19.5. The number of aliphatic imine (C=N–C) groups is 1. The predicted octanol–water partition coefficient (Wildman–Crippen LogP) is 1.93. The van der Waals surface area contributed by atoms with Gasteiger partial charge in [-0.1, -0.05) is 6.92 Å². The molecule has 1 atom stereocenters. The zero-order valence-corrected chi connectivity index (χ0v) is 15.3. The first-order valence-electron chi connectivity index (χ1n) is 8.51. The van der Waals surface area contributed by atoms with Crippen molar-refractivity contribution in [2.24, 2.45) is 12.0 Å². The van der Waals surface area contributed by atoms with Crippen molar-refractivity contribution in [3.63, 3.8) is 0 Å². The molecule has 2 rings (SSSR count). The van der Waals surface area contributed by atoms with Gasteiger partial charge in [0.2, 0.25) is 0 Å². The molecule has 0 spiro atoms. The quantitative estimate of drug-likeness (QED) is 0.644. The zero-order chi connectivity index (χ0) is 18.6. The van der Waals surface area contributed by atoms with Gasteiger partial charge in [-0.05, 0) is 25.9 Å². The minimum Gasteiger partial charge on any atom is -0.352 e. The average Bonchev–Trinajstić information content (AvgIpc) is 3.13. The zero-order valence-electron chi connectivity index (χ0n) is 15.3. The summed E-state index contributed by atoms with van der Waals surface area (Å²) in [5.74, 6) is 0.583. The van der Waals surface area contributed by atoms with Crippen molar-refractivity contribution in [2.75, 3.05) is 33.7 Å². The molecule has 25 heavy (non-hydrogen) atoms. The number of aryl methyl sites for hydroxylation is 1. The number of likely N-dealkylation sites (N-methyl/N-ethyl adjacent to an activating group) is 2. The molecule has 0 aromatic carbocycles. The van der Waals surface area contributed by atoms with Gasteiger partial charge in [0.25, 0.3) is 0 Å². The molecule has 1 N–H and O–H groups in total. The van der Waals surface area contributed by atoms with Crippen molar-refractivity contribution in [2.45, 2.75) is 38.5 Å². The predicted molar refractivity (Wildman–Crippen MR) is 91.3 cm³/mol. The molecule has 1 unspecified atom stereocenters. The van der Waals surface area contributed by atoms with E-state index in [2.05, 4.69) is 27.2 Å². The third kappa shape index (κ3) is 4.87. The Bertz CT molecular complexity index is 595. The molecule has 6 nitrogen and oxygen atoms in total. The molecule has 142 valence electrons. The maximum Gasteiger partial charge on any atom is 0.435 e. The molecule has 1 fully saturated rings. The number of aromatic nitrogens is 2. The maximum absolute atomic E-state index is 13.0. The lowest BCUT2D eigenvalue weighted by atomic mass is 10.2. The number of rotatable bonds is 5. The van der Waals surface area contributed by atoms with E-state index < -0.39 is 11.9 Å². The number of hydrogen-bond acceptors (Lipinski definition) is 3. The van der Waals surface area contributed by atoms with Crippen molar-refractivity contribution in [3.05, 3.63) is 17.5 Å². The van der Waals surface area contributed by atoms with E-state index in [1.807, 2.05) is 11.9 Å². The second-order valence-corrected chi connectivity index (χ2v) is 6.38. The Balaban J connectivity index is 1.99. The highest BCUT2D eigenvalue weighted by Crippen LogP contribution is 2.30. The summed E-state index contributed by atoms with van der Waals surface area (Å²) in [5.41, 5.74) is -0.742. The Morgan fingerprint density at radius 1 is 1.48 bits per heavy atom. The molecule has 9 heteroatoms. The van der Waals surface area contributed by atoms with Crippen LogP contribution >= 0.6 is 0 Å². The Hall–Kier alpha value is -1.77. The fourth-order valence-electron chi connectivity index (χ4n) is 3.39. The minimum atomic E-state index is -4.46. The van der Waals surface area contributed by atoms with E-state index in [4.69, 9.17) is 0 Å². The molecule has 0 bridgehead atoms. The van der Waals surface area contributed by atoms with Crippen LogP contribution in [-0.2, 0) is 19.8 Å². The van der Waals surface area contributed by atoms with Gasteiger partial charge < -0.3 is 10.2 Å². The lowest BCUT2D eigenvalue weighted by Crippen LogP contribution is -2.45. The summed E-state index contributed by atoms with van der Waals surface area (Å²) in [6, 6.07) is 0.456. The second kappa shape index (κ2) is 8.07. The van der Waals surface area contributed by atoms with Crippen molar-refractivity contribution in [1.82, 2.24) is 24.9 Å². The van der Waals surface area contributed by atoms with Gasteiger partial charge in [-0.3, -0.25) is 14.6 Å². The number of alkyl halides is 3. The van der Waals surface area contributed by atoms with Crippen LogP contribution in [0.4, 0.5) is 13.2 Å². The average molecular weight is 360 g/mol. The van der Waals surface area contributed by atoms with Crippen molar-refractivity contribution >= 4 is 5.96 Å². The largest absolute Gasteiger partial charge is 0.435 e. The van der Waals surface area contributed by atoms with Crippen LogP contribution in [0.15, 0.2) is 11.2 Å². The molecule has 0 amide bonds.